The molecule has 0 spiro atoms. The van der Waals surface area contributed by atoms with Crippen molar-refractivity contribution in [3.63, 3.8) is 0 Å². The molecule has 0 atom stereocenters. The molecule has 0 aliphatic rings. The quantitative estimate of drug-likeness (QED) is 0.424. The molecular formula is C10H12ClNOS. The van der Waals surface area contributed by atoms with E-state index in [4.69, 9.17) is 17.3 Å². The van der Waals surface area contributed by atoms with E-state index in [9.17, 15) is 5.11 Å². The lowest BCUT2D eigenvalue weighted by molar-refractivity contribution is 0.476. The number of phenolic OH excluding ortho intramolecular Hbond substituents is 1. The molecule has 0 radical (unpaired) electrons. The first kappa shape index (κ1) is 11.3. The Labute approximate surface area is 93.8 Å². The molecule has 0 amide bonds. The van der Waals surface area contributed by atoms with E-state index in [1.807, 2.05) is 6.08 Å². The van der Waals surface area contributed by atoms with Gasteiger partial charge in [0.15, 0.2) is 0 Å². The Balaban J connectivity index is 2.96. The van der Waals surface area contributed by atoms with Crippen LogP contribution >= 0.6 is 24.2 Å². The van der Waals surface area contributed by atoms with Crippen LogP contribution in [0.2, 0.25) is 5.02 Å². The van der Waals surface area contributed by atoms with Crippen LogP contribution in [0.5, 0.6) is 5.75 Å². The highest BCUT2D eigenvalue weighted by atomic mass is 35.5. The van der Waals surface area contributed by atoms with Gasteiger partial charge >= 0.3 is 0 Å². The van der Waals surface area contributed by atoms with Gasteiger partial charge in [-0.05, 0) is 24.3 Å². The zero-order valence-electron chi connectivity index (χ0n) is 7.57. The topological polar surface area (TPSA) is 46.2 Å². The van der Waals surface area contributed by atoms with Crippen molar-refractivity contribution in [1.82, 2.24) is 0 Å². The van der Waals surface area contributed by atoms with Crippen molar-refractivity contribution in [3.8, 4) is 5.75 Å². The van der Waals surface area contributed by atoms with Gasteiger partial charge in [-0.15, -0.1) is 0 Å². The summed E-state index contributed by atoms with van der Waals surface area (Å²) in [6.45, 7) is 0. The molecule has 0 fully saturated rings. The summed E-state index contributed by atoms with van der Waals surface area (Å²) < 4.78 is 0. The molecule has 1 rings (SSSR count). The maximum atomic E-state index is 9.57. The lowest BCUT2D eigenvalue weighted by Gasteiger charge is -2.03. The van der Waals surface area contributed by atoms with Gasteiger partial charge < -0.3 is 10.8 Å². The van der Waals surface area contributed by atoms with E-state index in [1.54, 1.807) is 12.1 Å². The van der Waals surface area contributed by atoms with Crippen LogP contribution in [0, 0.1) is 0 Å². The minimum Gasteiger partial charge on any atom is -0.505 e. The second kappa shape index (κ2) is 5.17. The number of allylic oxidation sites excluding steroid dienone is 1. The second-order valence-electron chi connectivity index (χ2n) is 2.85. The number of rotatable bonds is 3. The van der Waals surface area contributed by atoms with E-state index in [2.05, 4.69) is 12.6 Å². The van der Waals surface area contributed by atoms with Gasteiger partial charge in [0.25, 0.3) is 0 Å². The first-order chi connectivity index (χ1) is 6.65. The fourth-order valence-electron chi connectivity index (χ4n) is 1.05. The maximum absolute atomic E-state index is 9.57. The Kier molecular flexibility index (Phi) is 4.17. The average Bonchev–Trinajstić information content (AvgIpc) is 2.13. The van der Waals surface area contributed by atoms with Gasteiger partial charge in [0.1, 0.15) is 5.75 Å². The summed E-state index contributed by atoms with van der Waals surface area (Å²) in [4.78, 5) is 0. The largest absolute Gasteiger partial charge is 0.505 e. The SMILES string of the molecule is Nc1cc(Cl)cc(C=CCCS)c1O. The predicted molar refractivity (Wildman–Crippen MR) is 65.0 cm³/mol. The van der Waals surface area contributed by atoms with Crippen LogP contribution in [0.25, 0.3) is 6.08 Å². The Hall–Kier alpha value is -0.800. The molecule has 3 N–H and O–H groups in total. The fourth-order valence-corrected chi connectivity index (χ4v) is 1.44. The van der Waals surface area contributed by atoms with Crippen LogP contribution in [0.1, 0.15) is 12.0 Å². The molecule has 0 bridgehead atoms. The minimum absolute atomic E-state index is 0.0739. The van der Waals surface area contributed by atoms with Crippen LogP contribution in [-0.2, 0) is 0 Å². The van der Waals surface area contributed by atoms with Crippen molar-refractivity contribution in [1.29, 1.82) is 0 Å². The van der Waals surface area contributed by atoms with Crippen LogP contribution < -0.4 is 5.73 Å². The highest BCUT2D eigenvalue weighted by Gasteiger charge is 2.03. The van der Waals surface area contributed by atoms with Crippen LogP contribution in [0.15, 0.2) is 18.2 Å². The number of nitrogen functional groups attached to an aromatic ring is 1. The van der Waals surface area contributed by atoms with Crippen molar-refractivity contribution in [2.24, 2.45) is 0 Å². The normalized spacial score (nSPS) is 11.0. The van der Waals surface area contributed by atoms with Crippen LogP contribution in [0.4, 0.5) is 5.69 Å². The molecular weight excluding hydrogens is 218 g/mol. The number of hydrogen-bond acceptors (Lipinski definition) is 3. The van der Waals surface area contributed by atoms with Crippen LogP contribution in [0.3, 0.4) is 0 Å². The molecule has 4 heteroatoms. The number of anilines is 1. The Morgan fingerprint density at radius 3 is 2.86 bits per heavy atom. The number of halogens is 1. The minimum atomic E-state index is 0.0739. The molecule has 0 aromatic heterocycles. The predicted octanol–water partition coefficient (Wildman–Crippen LogP) is 2.96. The molecule has 0 unspecified atom stereocenters. The van der Waals surface area contributed by atoms with Crippen LogP contribution in [-0.4, -0.2) is 10.9 Å². The van der Waals surface area contributed by atoms with Crippen molar-refractivity contribution in [2.75, 3.05) is 11.5 Å². The van der Waals surface area contributed by atoms with Gasteiger partial charge in [-0.25, -0.2) is 0 Å². The first-order valence-corrected chi connectivity index (χ1v) is 5.21. The number of nitrogens with two attached hydrogens (primary N) is 1. The summed E-state index contributed by atoms with van der Waals surface area (Å²) in [5.41, 5.74) is 6.47. The standard InChI is InChI=1S/C10H12ClNOS/c11-8-5-7(3-1-2-4-14)10(13)9(12)6-8/h1,3,5-6,13-14H,2,4,12H2. The molecule has 0 saturated heterocycles. The van der Waals surface area contributed by atoms with E-state index in [-0.39, 0.29) is 5.75 Å². The van der Waals surface area contributed by atoms with Gasteiger partial charge in [-0.1, -0.05) is 23.8 Å². The second-order valence-corrected chi connectivity index (χ2v) is 3.73. The smallest absolute Gasteiger partial charge is 0.145 e. The van der Waals surface area contributed by atoms with Crippen molar-refractivity contribution in [3.05, 3.63) is 28.8 Å². The third-order valence-corrected chi connectivity index (χ3v) is 2.20. The highest BCUT2D eigenvalue weighted by molar-refractivity contribution is 7.80. The van der Waals surface area contributed by atoms with E-state index in [0.29, 0.717) is 16.3 Å². The zero-order valence-corrected chi connectivity index (χ0v) is 9.22. The lowest BCUT2D eigenvalue weighted by atomic mass is 10.1. The molecule has 14 heavy (non-hydrogen) atoms. The molecule has 0 heterocycles. The molecule has 76 valence electrons. The van der Waals surface area contributed by atoms with Crippen molar-refractivity contribution >= 4 is 36.0 Å². The number of thiol groups is 1. The maximum Gasteiger partial charge on any atom is 0.145 e. The monoisotopic (exact) mass is 229 g/mol. The molecule has 0 saturated carbocycles. The Bertz CT molecular complexity index is 352. The zero-order chi connectivity index (χ0) is 10.6. The number of benzene rings is 1. The number of aromatic hydroxyl groups is 1. The van der Waals surface area contributed by atoms with Gasteiger partial charge in [0.05, 0.1) is 5.69 Å². The fraction of sp³-hybridized carbons (Fsp3) is 0.200. The van der Waals surface area contributed by atoms with Crippen molar-refractivity contribution in [2.45, 2.75) is 6.42 Å². The molecule has 1 aromatic carbocycles. The summed E-state index contributed by atoms with van der Waals surface area (Å²) in [5.74, 6) is 0.845. The van der Waals surface area contributed by atoms with E-state index in [1.165, 1.54) is 6.07 Å². The molecule has 1 aromatic rings. The summed E-state index contributed by atoms with van der Waals surface area (Å²) in [5, 5.41) is 10.1. The molecule has 0 aliphatic carbocycles. The molecule has 2 nitrogen and oxygen atoms in total. The van der Waals surface area contributed by atoms with E-state index >= 15 is 0 Å². The van der Waals surface area contributed by atoms with E-state index < -0.39 is 0 Å². The number of hydrogen-bond donors (Lipinski definition) is 3. The van der Waals surface area contributed by atoms with Gasteiger partial charge in [-0.3, -0.25) is 0 Å². The third kappa shape index (κ3) is 2.86. The summed E-state index contributed by atoms with van der Waals surface area (Å²) in [6, 6.07) is 3.19. The number of phenols is 1. The van der Waals surface area contributed by atoms with Gasteiger partial charge in [0, 0.05) is 10.6 Å². The third-order valence-electron chi connectivity index (χ3n) is 1.73. The molecule has 0 aliphatic heterocycles. The summed E-state index contributed by atoms with van der Waals surface area (Å²) in [6.07, 6.45) is 4.54. The Morgan fingerprint density at radius 1 is 1.50 bits per heavy atom. The summed E-state index contributed by atoms with van der Waals surface area (Å²) >= 11 is 9.86. The first-order valence-electron chi connectivity index (χ1n) is 4.20. The van der Waals surface area contributed by atoms with Gasteiger partial charge in [-0.2, -0.15) is 12.6 Å². The summed E-state index contributed by atoms with van der Waals surface area (Å²) in [7, 11) is 0. The highest BCUT2D eigenvalue weighted by Crippen LogP contribution is 2.30. The lowest BCUT2D eigenvalue weighted by Crippen LogP contribution is -1.87. The average molecular weight is 230 g/mol. The van der Waals surface area contributed by atoms with Gasteiger partial charge in [0.2, 0.25) is 0 Å². The van der Waals surface area contributed by atoms with Crippen molar-refractivity contribution < 1.29 is 5.11 Å². The Morgan fingerprint density at radius 2 is 2.21 bits per heavy atom. The van der Waals surface area contributed by atoms with E-state index in [0.717, 1.165) is 12.2 Å².